The Morgan fingerprint density at radius 3 is 2.64 bits per heavy atom. The number of epoxide rings is 1. The third-order valence-corrected chi connectivity index (χ3v) is 4.71. The Morgan fingerprint density at radius 1 is 1.32 bits per heavy atom. The van der Waals surface area contributed by atoms with Gasteiger partial charge >= 0.3 is 11.9 Å². The molecule has 22 heavy (non-hydrogen) atoms. The van der Waals surface area contributed by atoms with E-state index in [4.69, 9.17) is 9.47 Å². The van der Waals surface area contributed by atoms with Crippen LogP contribution in [0.25, 0.3) is 0 Å². The molecule has 1 saturated carbocycles. The predicted octanol–water partition coefficient (Wildman–Crippen LogP) is 2.93. The topological polar surface area (TPSA) is 76.1 Å². The molecule has 0 bridgehead atoms. The predicted molar refractivity (Wildman–Crippen MR) is 81.3 cm³/mol. The number of hydrogen-bond donors (Lipinski definition) is 1. The van der Waals surface area contributed by atoms with Gasteiger partial charge in [-0.1, -0.05) is 6.58 Å². The second-order valence-corrected chi connectivity index (χ2v) is 6.66. The summed E-state index contributed by atoms with van der Waals surface area (Å²) in [4.78, 5) is 22.9. The van der Waals surface area contributed by atoms with Crippen LogP contribution in [-0.2, 0) is 19.1 Å². The van der Waals surface area contributed by atoms with Crippen LogP contribution in [0.1, 0.15) is 52.4 Å². The van der Waals surface area contributed by atoms with Crippen LogP contribution in [0.2, 0.25) is 0 Å². The van der Waals surface area contributed by atoms with Gasteiger partial charge < -0.3 is 14.6 Å². The third-order valence-electron chi connectivity index (χ3n) is 4.71. The lowest BCUT2D eigenvalue weighted by molar-refractivity contribution is -0.146. The smallest absolute Gasteiger partial charge is 0.333 e. The zero-order chi connectivity index (χ0) is 16.3. The molecule has 0 amide bonds. The Labute approximate surface area is 131 Å². The average molecular weight is 310 g/mol. The number of rotatable bonds is 8. The fourth-order valence-corrected chi connectivity index (χ4v) is 3.33. The molecule has 1 saturated heterocycles. The molecule has 0 aromatic heterocycles. The van der Waals surface area contributed by atoms with Crippen molar-refractivity contribution >= 4 is 11.9 Å². The number of esters is 1. The Bertz CT molecular complexity index is 444. The fraction of sp³-hybridized carbons (Fsp3) is 0.765. The van der Waals surface area contributed by atoms with Gasteiger partial charge in [-0.25, -0.2) is 4.79 Å². The number of ether oxygens (including phenoxy) is 2. The van der Waals surface area contributed by atoms with Gasteiger partial charge in [0.15, 0.2) is 0 Å². The highest BCUT2D eigenvalue weighted by molar-refractivity contribution is 5.87. The maximum Gasteiger partial charge on any atom is 0.333 e. The largest absolute Gasteiger partial charge is 0.481 e. The van der Waals surface area contributed by atoms with Gasteiger partial charge in [0.2, 0.25) is 0 Å². The number of hydrogen-bond acceptors (Lipinski definition) is 4. The number of carboxylic acid groups (broad SMARTS) is 1. The summed E-state index contributed by atoms with van der Waals surface area (Å²) in [5.41, 5.74) is 0.386. The number of aliphatic carboxylic acids is 1. The highest BCUT2D eigenvalue weighted by Gasteiger charge is 2.46. The van der Waals surface area contributed by atoms with E-state index in [1.54, 1.807) is 6.92 Å². The zero-order valence-electron chi connectivity index (χ0n) is 13.4. The van der Waals surface area contributed by atoms with Gasteiger partial charge in [0.05, 0.1) is 24.2 Å². The van der Waals surface area contributed by atoms with Crippen LogP contribution < -0.4 is 0 Å². The van der Waals surface area contributed by atoms with Crippen molar-refractivity contribution in [3.05, 3.63) is 12.2 Å². The van der Waals surface area contributed by atoms with E-state index in [9.17, 15) is 14.7 Å². The van der Waals surface area contributed by atoms with E-state index < -0.39 is 5.97 Å². The third kappa shape index (κ3) is 4.57. The van der Waals surface area contributed by atoms with Crippen molar-refractivity contribution in [3.8, 4) is 0 Å². The first kappa shape index (κ1) is 17.0. The molecule has 1 heterocycles. The van der Waals surface area contributed by atoms with Crippen LogP contribution in [0.15, 0.2) is 12.2 Å². The standard InChI is InChI=1S/C17H26O5/c1-10(2)17(20)21-11(3)5-4-6-13(16(18)19)12-7-8-14-15(9-12)22-14/h11-15H,1,4-9H2,2-3H3,(H,18,19). The van der Waals surface area contributed by atoms with E-state index in [0.717, 1.165) is 25.7 Å². The van der Waals surface area contributed by atoms with Crippen molar-refractivity contribution in [1.82, 2.24) is 0 Å². The molecule has 2 rings (SSSR count). The molecule has 1 aliphatic heterocycles. The van der Waals surface area contributed by atoms with Gasteiger partial charge in [-0.05, 0) is 58.3 Å². The SMILES string of the molecule is C=C(C)C(=O)OC(C)CCCC(C(=O)O)C1CCC2OC2C1. The minimum atomic E-state index is -0.712. The summed E-state index contributed by atoms with van der Waals surface area (Å²) in [6.07, 6.45) is 5.35. The number of carboxylic acids is 1. The Balaban J connectivity index is 1.73. The first-order valence-corrected chi connectivity index (χ1v) is 8.13. The molecule has 1 aliphatic carbocycles. The van der Waals surface area contributed by atoms with E-state index in [1.165, 1.54) is 0 Å². The lowest BCUT2D eigenvalue weighted by atomic mass is 9.78. The Kier molecular flexibility index (Phi) is 5.62. The maximum atomic E-state index is 11.5. The lowest BCUT2D eigenvalue weighted by Gasteiger charge is -2.26. The van der Waals surface area contributed by atoms with E-state index >= 15 is 0 Å². The van der Waals surface area contributed by atoms with Crippen molar-refractivity contribution in [2.75, 3.05) is 0 Å². The average Bonchev–Trinajstić information content (AvgIpc) is 3.21. The zero-order valence-corrected chi connectivity index (χ0v) is 13.4. The second-order valence-electron chi connectivity index (χ2n) is 6.66. The molecule has 0 aromatic carbocycles. The molecule has 2 fully saturated rings. The molecule has 5 unspecified atom stereocenters. The normalized spacial score (nSPS) is 29.1. The van der Waals surface area contributed by atoms with Crippen LogP contribution >= 0.6 is 0 Å². The van der Waals surface area contributed by atoms with Crippen LogP contribution in [0.3, 0.4) is 0 Å². The highest BCUT2D eigenvalue weighted by atomic mass is 16.6. The minimum Gasteiger partial charge on any atom is -0.481 e. The first-order chi connectivity index (χ1) is 10.4. The number of carbonyl (C=O) groups is 2. The van der Waals surface area contributed by atoms with Gasteiger partial charge in [0.25, 0.3) is 0 Å². The maximum absolute atomic E-state index is 11.5. The van der Waals surface area contributed by atoms with Crippen LogP contribution in [-0.4, -0.2) is 35.4 Å². The summed E-state index contributed by atoms with van der Waals surface area (Å²) in [6, 6.07) is 0. The molecule has 5 heteroatoms. The summed E-state index contributed by atoms with van der Waals surface area (Å²) >= 11 is 0. The van der Waals surface area contributed by atoms with E-state index in [1.807, 2.05) is 6.92 Å². The Morgan fingerprint density at radius 2 is 2.05 bits per heavy atom. The van der Waals surface area contributed by atoms with Gasteiger partial charge in [-0.15, -0.1) is 0 Å². The van der Waals surface area contributed by atoms with Gasteiger partial charge in [-0.2, -0.15) is 0 Å². The summed E-state index contributed by atoms with van der Waals surface area (Å²) in [5.74, 6) is -1.19. The van der Waals surface area contributed by atoms with Crippen LogP contribution in [0, 0.1) is 11.8 Å². The molecule has 0 radical (unpaired) electrons. The van der Waals surface area contributed by atoms with E-state index in [2.05, 4.69) is 6.58 Å². The first-order valence-electron chi connectivity index (χ1n) is 8.13. The molecule has 5 atom stereocenters. The lowest BCUT2D eigenvalue weighted by Crippen LogP contribution is -2.28. The summed E-state index contributed by atoms with van der Waals surface area (Å²) in [6.45, 7) is 7.00. The number of fused-ring (bicyclic) bond motifs is 1. The van der Waals surface area contributed by atoms with Crippen molar-refractivity contribution in [2.24, 2.45) is 11.8 Å². The molecule has 0 aromatic rings. The molecule has 124 valence electrons. The van der Waals surface area contributed by atoms with Crippen LogP contribution in [0.4, 0.5) is 0 Å². The molecule has 2 aliphatic rings. The van der Waals surface area contributed by atoms with Crippen molar-refractivity contribution in [3.63, 3.8) is 0 Å². The van der Waals surface area contributed by atoms with E-state index in [-0.39, 0.29) is 23.9 Å². The van der Waals surface area contributed by atoms with Crippen LogP contribution in [0.5, 0.6) is 0 Å². The molecular formula is C17H26O5. The summed E-state index contributed by atoms with van der Waals surface area (Å²) < 4.78 is 10.7. The van der Waals surface area contributed by atoms with Gasteiger partial charge in [0.1, 0.15) is 0 Å². The van der Waals surface area contributed by atoms with Gasteiger partial charge in [-0.3, -0.25) is 4.79 Å². The molecule has 1 N–H and O–H groups in total. The second kappa shape index (κ2) is 7.27. The molecule has 5 nitrogen and oxygen atoms in total. The quantitative estimate of drug-likeness (QED) is 0.424. The Hall–Kier alpha value is -1.36. The monoisotopic (exact) mass is 310 g/mol. The highest BCUT2D eigenvalue weighted by Crippen LogP contribution is 2.43. The summed E-state index contributed by atoms with van der Waals surface area (Å²) in [7, 11) is 0. The fourth-order valence-electron chi connectivity index (χ4n) is 3.33. The minimum absolute atomic E-state index is 0.207. The van der Waals surface area contributed by atoms with Crippen molar-refractivity contribution < 1.29 is 24.2 Å². The molecule has 0 spiro atoms. The van der Waals surface area contributed by atoms with Crippen molar-refractivity contribution in [1.29, 1.82) is 0 Å². The van der Waals surface area contributed by atoms with Crippen molar-refractivity contribution in [2.45, 2.75) is 70.7 Å². The number of carbonyl (C=O) groups excluding carboxylic acids is 1. The molecular weight excluding hydrogens is 284 g/mol. The summed E-state index contributed by atoms with van der Waals surface area (Å²) in [5, 5.41) is 9.47. The van der Waals surface area contributed by atoms with Gasteiger partial charge in [0, 0.05) is 5.57 Å². The van der Waals surface area contributed by atoms with E-state index in [0.29, 0.717) is 30.6 Å².